The molecule has 0 saturated heterocycles. The van der Waals surface area contributed by atoms with Crippen LogP contribution in [0.4, 0.5) is 5.69 Å². The van der Waals surface area contributed by atoms with Crippen molar-refractivity contribution in [3.63, 3.8) is 0 Å². The van der Waals surface area contributed by atoms with Gasteiger partial charge in [-0.15, -0.1) is 0 Å². The molecule has 0 aliphatic carbocycles. The van der Waals surface area contributed by atoms with E-state index in [0.29, 0.717) is 0 Å². The zero-order valence-corrected chi connectivity index (χ0v) is 18.0. The summed E-state index contributed by atoms with van der Waals surface area (Å²) in [4.78, 5) is 4.53. The van der Waals surface area contributed by atoms with E-state index < -0.39 is 0 Å². The first kappa shape index (κ1) is 20.4. The van der Waals surface area contributed by atoms with E-state index in [1.807, 2.05) is 12.3 Å². The summed E-state index contributed by atoms with van der Waals surface area (Å²) >= 11 is 0. The van der Waals surface area contributed by atoms with E-state index in [2.05, 4.69) is 115 Å². The Morgan fingerprint density at radius 2 is 1.58 bits per heavy atom. The standard InChI is InChI=1S/C29H26N2/c1-22-8-12-24(13-9-22)16-17-26(21-25-14-10-23(2)11-15-25)18-20-30-28-7-3-5-27-6-4-19-31-29(27)28/h3-15,19,21,30H,18,20H2,1-2H3/b26-21-. The topological polar surface area (TPSA) is 24.9 Å². The minimum atomic E-state index is 0.788. The van der Waals surface area contributed by atoms with Crippen LogP contribution in [0.5, 0.6) is 0 Å². The number of para-hydroxylation sites is 1. The maximum absolute atomic E-state index is 4.53. The minimum absolute atomic E-state index is 0.788. The van der Waals surface area contributed by atoms with E-state index in [1.54, 1.807) is 0 Å². The molecular formula is C29H26N2. The Morgan fingerprint density at radius 1 is 0.871 bits per heavy atom. The second-order valence-electron chi connectivity index (χ2n) is 7.75. The van der Waals surface area contributed by atoms with Crippen LogP contribution >= 0.6 is 0 Å². The third kappa shape index (κ3) is 5.62. The molecule has 2 heteroatoms. The first-order chi connectivity index (χ1) is 15.2. The molecule has 0 radical (unpaired) electrons. The summed E-state index contributed by atoms with van der Waals surface area (Å²) in [6.07, 6.45) is 4.85. The summed E-state index contributed by atoms with van der Waals surface area (Å²) in [7, 11) is 0. The number of hydrogen-bond acceptors (Lipinski definition) is 2. The zero-order valence-electron chi connectivity index (χ0n) is 18.0. The van der Waals surface area contributed by atoms with Crippen LogP contribution in [0, 0.1) is 25.7 Å². The number of fused-ring (bicyclic) bond motifs is 1. The van der Waals surface area contributed by atoms with Crippen LogP contribution in [-0.4, -0.2) is 11.5 Å². The Balaban J connectivity index is 1.54. The normalized spacial score (nSPS) is 11.1. The van der Waals surface area contributed by atoms with Crippen molar-refractivity contribution in [2.45, 2.75) is 20.3 Å². The molecule has 0 aliphatic heterocycles. The average molecular weight is 403 g/mol. The van der Waals surface area contributed by atoms with Gasteiger partial charge in [0.25, 0.3) is 0 Å². The van der Waals surface area contributed by atoms with Gasteiger partial charge < -0.3 is 5.32 Å². The average Bonchev–Trinajstić information content (AvgIpc) is 2.80. The van der Waals surface area contributed by atoms with Crippen molar-refractivity contribution in [3.05, 3.63) is 113 Å². The lowest BCUT2D eigenvalue weighted by atomic mass is 10.1. The first-order valence-electron chi connectivity index (χ1n) is 10.6. The maximum Gasteiger partial charge on any atom is 0.0933 e. The number of nitrogens with one attached hydrogen (secondary N) is 1. The van der Waals surface area contributed by atoms with E-state index in [-0.39, 0.29) is 0 Å². The van der Waals surface area contributed by atoms with Gasteiger partial charge in [-0.3, -0.25) is 4.98 Å². The highest BCUT2D eigenvalue weighted by Crippen LogP contribution is 2.21. The number of aryl methyl sites for hydroxylation is 2. The third-order valence-corrected chi connectivity index (χ3v) is 5.18. The van der Waals surface area contributed by atoms with Crippen LogP contribution in [-0.2, 0) is 0 Å². The Hall–Kier alpha value is -3.83. The Labute approximate surface area is 184 Å². The third-order valence-electron chi connectivity index (χ3n) is 5.18. The van der Waals surface area contributed by atoms with Crippen LogP contribution in [0.15, 0.2) is 90.6 Å². The molecule has 4 rings (SSSR count). The lowest BCUT2D eigenvalue weighted by molar-refractivity contribution is 1.04. The molecule has 0 fully saturated rings. The van der Waals surface area contributed by atoms with Crippen molar-refractivity contribution in [2.75, 3.05) is 11.9 Å². The van der Waals surface area contributed by atoms with Crippen LogP contribution in [0.25, 0.3) is 17.0 Å². The molecule has 0 aliphatic rings. The van der Waals surface area contributed by atoms with E-state index in [1.165, 1.54) is 16.7 Å². The Morgan fingerprint density at radius 3 is 2.35 bits per heavy atom. The predicted octanol–water partition coefficient (Wildman–Crippen LogP) is 6.79. The number of hydrogen-bond donors (Lipinski definition) is 1. The van der Waals surface area contributed by atoms with E-state index in [4.69, 9.17) is 0 Å². The molecule has 0 unspecified atom stereocenters. The van der Waals surface area contributed by atoms with Crippen LogP contribution < -0.4 is 5.32 Å². The molecule has 0 bridgehead atoms. The lowest BCUT2D eigenvalue weighted by Gasteiger charge is -2.09. The molecule has 152 valence electrons. The van der Waals surface area contributed by atoms with Gasteiger partial charge >= 0.3 is 0 Å². The fraction of sp³-hybridized carbons (Fsp3) is 0.138. The fourth-order valence-corrected chi connectivity index (χ4v) is 3.40. The maximum atomic E-state index is 4.53. The SMILES string of the molecule is Cc1ccc(C#C/C(=C/c2ccc(C)cc2)CCNc2cccc3cccnc23)cc1. The number of anilines is 1. The minimum Gasteiger partial charge on any atom is -0.383 e. The van der Waals surface area contributed by atoms with Crippen molar-refractivity contribution >= 4 is 22.7 Å². The largest absolute Gasteiger partial charge is 0.383 e. The molecule has 3 aromatic carbocycles. The monoisotopic (exact) mass is 402 g/mol. The molecule has 2 nitrogen and oxygen atoms in total. The molecule has 0 amide bonds. The number of aromatic nitrogens is 1. The number of nitrogens with zero attached hydrogens (tertiary/aromatic N) is 1. The molecule has 4 aromatic rings. The molecule has 0 atom stereocenters. The summed E-state index contributed by atoms with van der Waals surface area (Å²) in [5, 5.41) is 4.69. The highest BCUT2D eigenvalue weighted by Gasteiger charge is 2.02. The van der Waals surface area contributed by atoms with Crippen LogP contribution in [0.1, 0.15) is 28.7 Å². The smallest absolute Gasteiger partial charge is 0.0933 e. The zero-order chi connectivity index (χ0) is 21.5. The fourth-order valence-electron chi connectivity index (χ4n) is 3.40. The molecule has 31 heavy (non-hydrogen) atoms. The van der Waals surface area contributed by atoms with E-state index >= 15 is 0 Å². The predicted molar refractivity (Wildman–Crippen MR) is 132 cm³/mol. The van der Waals surface area contributed by atoms with E-state index in [9.17, 15) is 0 Å². The highest BCUT2D eigenvalue weighted by molar-refractivity contribution is 5.90. The second kappa shape index (κ2) is 9.78. The highest BCUT2D eigenvalue weighted by atomic mass is 14.9. The number of rotatable bonds is 5. The second-order valence-corrected chi connectivity index (χ2v) is 7.75. The van der Waals surface area contributed by atoms with Crippen molar-refractivity contribution in [1.29, 1.82) is 0 Å². The number of pyridine rings is 1. The van der Waals surface area contributed by atoms with Gasteiger partial charge in [-0.2, -0.15) is 0 Å². The summed E-state index contributed by atoms with van der Waals surface area (Å²) in [6.45, 7) is 4.98. The number of benzene rings is 3. The van der Waals surface area contributed by atoms with Gasteiger partial charge in [0.1, 0.15) is 0 Å². The quantitative estimate of drug-likeness (QED) is 0.372. The van der Waals surface area contributed by atoms with Gasteiger partial charge in [0.2, 0.25) is 0 Å². The molecular weight excluding hydrogens is 376 g/mol. The van der Waals surface area contributed by atoms with Gasteiger partial charge in [0.05, 0.1) is 11.2 Å². The van der Waals surface area contributed by atoms with Gasteiger partial charge in [-0.1, -0.05) is 77.6 Å². The van der Waals surface area contributed by atoms with Crippen molar-refractivity contribution in [2.24, 2.45) is 0 Å². The first-order valence-corrected chi connectivity index (χ1v) is 10.6. The van der Waals surface area contributed by atoms with Gasteiger partial charge in [0.15, 0.2) is 0 Å². The molecule has 0 saturated carbocycles. The van der Waals surface area contributed by atoms with Gasteiger partial charge in [-0.05, 0) is 56.2 Å². The van der Waals surface area contributed by atoms with Crippen molar-refractivity contribution in [3.8, 4) is 11.8 Å². The molecule has 1 heterocycles. The summed E-state index contributed by atoms with van der Waals surface area (Å²) in [6, 6.07) is 27.2. The summed E-state index contributed by atoms with van der Waals surface area (Å²) < 4.78 is 0. The molecule has 1 aromatic heterocycles. The Bertz CT molecular complexity index is 1250. The molecule has 1 N–H and O–H groups in total. The summed E-state index contributed by atoms with van der Waals surface area (Å²) in [5.41, 5.74) is 7.87. The van der Waals surface area contributed by atoms with E-state index in [0.717, 1.165) is 40.7 Å². The lowest BCUT2D eigenvalue weighted by Crippen LogP contribution is -2.03. The van der Waals surface area contributed by atoms with Crippen molar-refractivity contribution < 1.29 is 0 Å². The molecule has 0 spiro atoms. The van der Waals surface area contributed by atoms with Crippen LogP contribution in [0.3, 0.4) is 0 Å². The van der Waals surface area contributed by atoms with Gasteiger partial charge in [0, 0.05) is 29.3 Å². The van der Waals surface area contributed by atoms with Crippen molar-refractivity contribution in [1.82, 2.24) is 4.98 Å². The Kier molecular flexibility index (Phi) is 6.45. The van der Waals surface area contributed by atoms with Crippen LogP contribution in [0.2, 0.25) is 0 Å². The summed E-state index contributed by atoms with van der Waals surface area (Å²) in [5.74, 6) is 6.72. The van der Waals surface area contributed by atoms with Gasteiger partial charge in [-0.25, -0.2) is 0 Å².